The summed E-state index contributed by atoms with van der Waals surface area (Å²) in [5.41, 5.74) is -0.219. The van der Waals surface area contributed by atoms with E-state index >= 15 is 0 Å². The zero-order valence-electron chi connectivity index (χ0n) is 12.0. The zero-order chi connectivity index (χ0) is 13.2. The molecule has 2 aliphatic rings. The number of nitrogens with one attached hydrogen (secondary N) is 1. The molecule has 4 heteroatoms. The summed E-state index contributed by atoms with van der Waals surface area (Å²) < 4.78 is 0. The van der Waals surface area contributed by atoms with E-state index in [0.717, 1.165) is 39.3 Å². The molecule has 0 aromatic rings. The van der Waals surface area contributed by atoms with Crippen molar-refractivity contribution in [2.75, 3.05) is 46.3 Å². The molecule has 2 aliphatic heterocycles. The number of carbonyl (C=O) groups is 1. The van der Waals surface area contributed by atoms with Crippen molar-refractivity contribution < 1.29 is 4.79 Å². The molecule has 2 fully saturated rings. The molecule has 0 spiro atoms. The Hall–Kier alpha value is -0.610. The number of rotatable bonds is 2. The fraction of sp³-hybridized carbons (Fsp3) is 0.929. The second kappa shape index (κ2) is 5.57. The van der Waals surface area contributed by atoms with Crippen LogP contribution < -0.4 is 5.32 Å². The van der Waals surface area contributed by atoms with Crippen LogP contribution in [0.2, 0.25) is 0 Å². The van der Waals surface area contributed by atoms with Gasteiger partial charge in [-0.15, -0.1) is 0 Å². The Morgan fingerprint density at radius 3 is 2.44 bits per heavy atom. The average Bonchev–Trinajstić information content (AvgIpc) is 2.40. The Bertz CT molecular complexity index is 289. The number of hydrogen-bond acceptors (Lipinski definition) is 3. The first-order valence-electron chi connectivity index (χ1n) is 7.20. The summed E-state index contributed by atoms with van der Waals surface area (Å²) in [7, 11) is 2.12. The Morgan fingerprint density at radius 2 is 1.89 bits per heavy atom. The van der Waals surface area contributed by atoms with Crippen molar-refractivity contribution in [2.45, 2.75) is 26.7 Å². The maximum Gasteiger partial charge on any atom is 0.228 e. The van der Waals surface area contributed by atoms with Crippen molar-refractivity contribution >= 4 is 5.91 Å². The first-order chi connectivity index (χ1) is 8.51. The van der Waals surface area contributed by atoms with Crippen LogP contribution in [-0.4, -0.2) is 62.0 Å². The molecule has 0 aromatic carbocycles. The largest absolute Gasteiger partial charge is 0.340 e. The standard InChI is InChI=1S/C14H27N3O/c1-14(2,12-5-4-6-15-11-12)13(18)17-9-7-16(3)8-10-17/h12,15H,4-11H2,1-3H3. The van der Waals surface area contributed by atoms with Crippen LogP contribution in [0.4, 0.5) is 0 Å². The van der Waals surface area contributed by atoms with Gasteiger partial charge < -0.3 is 15.1 Å². The number of hydrogen-bond donors (Lipinski definition) is 1. The highest BCUT2D eigenvalue weighted by molar-refractivity contribution is 5.82. The summed E-state index contributed by atoms with van der Waals surface area (Å²) in [5.74, 6) is 0.836. The molecule has 2 rings (SSSR count). The molecule has 0 saturated carbocycles. The smallest absolute Gasteiger partial charge is 0.228 e. The number of likely N-dealkylation sites (N-methyl/N-ethyl adjacent to an activating group) is 1. The van der Waals surface area contributed by atoms with Crippen molar-refractivity contribution in [3.8, 4) is 0 Å². The topological polar surface area (TPSA) is 35.6 Å². The maximum atomic E-state index is 12.7. The fourth-order valence-corrected chi connectivity index (χ4v) is 3.06. The van der Waals surface area contributed by atoms with Gasteiger partial charge in [0.1, 0.15) is 0 Å². The second-order valence-corrected chi connectivity index (χ2v) is 6.36. The lowest BCUT2D eigenvalue weighted by molar-refractivity contribution is -0.145. The van der Waals surface area contributed by atoms with E-state index in [0.29, 0.717) is 11.8 Å². The van der Waals surface area contributed by atoms with Gasteiger partial charge in [-0.3, -0.25) is 4.79 Å². The summed E-state index contributed by atoms with van der Waals surface area (Å²) >= 11 is 0. The minimum atomic E-state index is -0.219. The third kappa shape index (κ3) is 2.86. The van der Waals surface area contributed by atoms with Gasteiger partial charge in [0.25, 0.3) is 0 Å². The molecule has 0 aliphatic carbocycles. The van der Waals surface area contributed by atoms with Crippen LogP contribution in [0, 0.1) is 11.3 Å². The average molecular weight is 253 g/mol. The molecule has 4 nitrogen and oxygen atoms in total. The van der Waals surface area contributed by atoms with Crippen LogP contribution in [0.5, 0.6) is 0 Å². The highest BCUT2D eigenvalue weighted by atomic mass is 16.2. The first-order valence-corrected chi connectivity index (χ1v) is 7.20. The summed E-state index contributed by atoms with van der Waals surface area (Å²) in [6.45, 7) is 10.1. The van der Waals surface area contributed by atoms with Crippen molar-refractivity contribution in [1.29, 1.82) is 0 Å². The lowest BCUT2D eigenvalue weighted by atomic mass is 9.74. The van der Waals surface area contributed by atoms with E-state index < -0.39 is 0 Å². The zero-order valence-corrected chi connectivity index (χ0v) is 12.0. The third-order valence-electron chi connectivity index (χ3n) is 4.66. The molecular weight excluding hydrogens is 226 g/mol. The lowest BCUT2D eigenvalue weighted by Crippen LogP contribution is -2.54. The van der Waals surface area contributed by atoms with Gasteiger partial charge in [0.15, 0.2) is 0 Å². The van der Waals surface area contributed by atoms with Gasteiger partial charge in [-0.25, -0.2) is 0 Å². The van der Waals surface area contributed by atoms with Crippen LogP contribution in [0.1, 0.15) is 26.7 Å². The maximum absolute atomic E-state index is 12.7. The molecule has 104 valence electrons. The molecule has 2 saturated heterocycles. The minimum Gasteiger partial charge on any atom is -0.340 e. The quantitative estimate of drug-likeness (QED) is 0.790. The molecule has 1 N–H and O–H groups in total. The predicted molar refractivity (Wildman–Crippen MR) is 73.5 cm³/mol. The molecular formula is C14H27N3O. The third-order valence-corrected chi connectivity index (χ3v) is 4.66. The first kappa shape index (κ1) is 13.8. The van der Waals surface area contributed by atoms with Gasteiger partial charge in [0.05, 0.1) is 0 Å². The van der Waals surface area contributed by atoms with Crippen LogP contribution >= 0.6 is 0 Å². The molecule has 0 aromatic heterocycles. The van der Waals surface area contributed by atoms with E-state index in [2.05, 4.69) is 36.0 Å². The monoisotopic (exact) mass is 253 g/mol. The molecule has 1 atom stereocenters. The summed E-state index contributed by atoms with van der Waals surface area (Å²) in [5, 5.41) is 3.43. The van der Waals surface area contributed by atoms with Crippen molar-refractivity contribution in [3.05, 3.63) is 0 Å². The van der Waals surface area contributed by atoms with Gasteiger partial charge in [0.2, 0.25) is 5.91 Å². The molecule has 1 unspecified atom stereocenters. The van der Waals surface area contributed by atoms with Gasteiger partial charge in [-0.2, -0.15) is 0 Å². The van der Waals surface area contributed by atoms with Gasteiger partial charge in [-0.05, 0) is 38.9 Å². The van der Waals surface area contributed by atoms with Crippen LogP contribution in [0.25, 0.3) is 0 Å². The molecule has 2 heterocycles. The highest BCUT2D eigenvalue weighted by Crippen LogP contribution is 2.33. The van der Waals surface area contributed by atoms with E-state index in [4.69, 9.17) is 0 Å². The number of carbonyl (C=O) groups excluding carboxylic acids is 1. The minimum absolute atomic E-state index is 0.219. The predicted octanol–water partition coefficient (Wildman–Crippen LogP) is 0.786. The van der Waals surface area contributed by atoms with Crippen LogP contribution in [-0.2, 0) is 4.79 Å². The van der Waals surface area contributed by atoms with Crippen LogP contribution in [0.15, 0.2) is 0 Å². The van der Waals surface area contributed by atoms with E-state index in [1.165, 1.54) is 12.8 Å². The van der Waals surface area contributed by atoms with Gasteiger partial charge >= 0.3 is 0 Å². The lowest BCUT2D eigenvalue weighted by Gasteiger charge is -2.42. The fourth-order valence-electron chi connectivity index (χ4n) is 3.06. The Balaban J connectivity index is 1.97. The van der Waals surface area contributed by atoms with Gasteiger partial charge in [-0.1, -0.05) is 13.8 Å². The number of piperazine rings is 1. The Kier molecular flexibility index (Phi) is 4.28. The summed E-state index contributed by atoms with van der Waals surface area (Å²) in [4.78, 5) is 17.1. The van der Waals surface area contributed by atoms with E-state index in [9.17, 15) is 4.79 Å². The van der Waals surface area contributed by atoms with Crippen molar-refractivity contribution in [3.63, 3.8) is 0 Å². The van der Waals surface area contributed by atoms with E-state index in [1.54, 1.807) is 0 Å². The summed E-state index contributed by atoms with van der Waals surface area (Å²) in [6, 6.07) is 0. The van der Waals surface area contributed by atoms with Crippen LogP contribution in [0.3, 0.4) is 0 Å². The van der Waals surface area contributed by atoms with Crippen molar-refractivity contribution in [1.82, 2.24) is 15.1 Å². The number of nitrogens with zero attached hydrogens (tertiary/aromatic N) is 2. The van der Waals surface area contributed by atoms with Crippen molar-refractivity contribution in [2.24, 2.45) is 11.3 Å². The van der Waals surface area contributed by atoms with E-state index in [-0.39, 0.29) is 5.41 Å². The number of piperidine rings is 1. The Labute approximate surface area is 111 Å². The normalized spacial score (nSPS) is 27.3. The Morgan fingerprint density at radius 1 is 1.22 bits per heavy atom. The molecule has 0 bridgehead atoms. The highest BCUT2D eigenvalue weighted by Gasteiger charge is 2.40. The molecule has 0 radical (unpaired) electrons. The molecule has 1 amide bonds. The summed E-state index contributed by atoms with van der Waals surface area (Å²) in [6.07, 6.45) is 2.38. The number of amides is 1. The molecule has 18 heavy (non-hydrogen) atoms. The SMILES string of the molecule is CN1CCN(C(=O)C(C)(C)C2CCCNC2)CC1. The van der Waals surface area contributed by atoms with Gasteiger partial charge in [0, 0.05) is 31.6 Å². The van der Waals surface area contributed by atoms with E-state index in [1.807, 2.05) is 0 Å². The second-order valence-electron chi connectivity index (χ2n) is 6.36.